The Kier molecular flexibility index (Phi) is 3.50. The lowest BCUT2D eigenvalue weighted by Gasteiger charge is -2.13. The van der Waals surface area contributed by atoms with E-state index in [1.165, 1.54) is 12.1 Å². The molecular weight excluding hydrogens is 238 g/mol. The van der Waals surface area contributed by atoms with Crippen LogP contribution in [0.25, 0.3) is 0 Å². The van der Waals surface area contributed by atoms with E-state index in [1.54, 1.807) is 0 Å². The molecule has 0 amide bonds. The third-order valence-corrected chi connectivity index (χ3v) is 1.91. The van der Waals surface area contributed by atoms with E-state index in [-0.39, 0.29) is 16.7 Å². The van der Waals surface area contributed by atoms with Crippen molar-refractivity contribution in [1.29, 1.82) is 0 Å². The van der Waals surface area contributed by atoms with E-state index < -0.39 is 11.7 Å². The smallest absolute Gasteiger partial charge is 0.371 e. The average molecular weight is 244 g/mol. The Labute approximate surface area is 88.8 Å². The van der Waals surface area contributed by atoms with Gasteiger partial charge in [0.05, 0.1) is 11.6 Å². The molecule has 1 rings (SSSR count). The summed E-state index contributed by atoms with van der Waals surface area (Å²) in [4.78, 5) is 0. The van der Waals surface area contributed by atoms with Gasteiger partial charge in [0, 0.05) is 10.7 Å². The van der Waals surface area contributed by atoms with Crippen molar-refractivity contribution < 1.29 is 13.2 Å². The fourth-order valence-electron chi connectivity index (χ4n) is 0.977. The molecule has 1 nitrogen and oxygen atoms in total. The van der Waals surface area contributed by atoms with E-state index >= 15 is 0 Å². The zero-order valence-corrected chi connectivity index (χ0v) is 8.34. The molecule has 0 spiro atoms. The molecule has 0 bridgehead atoms. The first-order valence-electron chi connectivity index (χ1n) is 3.61. The van der Waals surface area contributed by atoms with Crippen molar-refractivity contribution >= 4 is 28.9 Å². The second-order valence-corrected chi connectivity index (χ2v) is 3.20. The van der Waals surface area contributed by atoms with Crippen LogP contribution in [0, 0.1) is 0 Å². The third-order valence-electron chi connectivity index (χ3n) is 1.54. The molecule has 1 aromatic rings. The number of nitrogens with one attached hydrogen (secondary N) is 1. The predicted molar refractivity (Wildman–Crippen MR) is 50.8 cm³/mol. The zero-order chi connectivity index (χ0) is 10.8. The van der Waals surface area contributed by atoms with Crippen molar-refractivity contribution in [3.8, 4) is 0 Å². The van der Waals surface area contributed by atoms with Gasteiger partial charge >= 0.3 is 6.18 Å². The van der Waals surface area contributed by atoms with Gasteiger partial charge in [-0.15, -0.1) is 11.6 Å². The molecule has 78 valence electrons. The Morgan fingerprint density at radius 1 is 1.29 bits per heavy atom. The number of alkyl halides is 4. The van der Waals surface area contributed by atoms with Crippen molar-refractivity contribution in [3.63, 3.8) is 0 Å². The monoisotopic (exact) mass is 243 g/mol. The van der Waals surface area contributed by atoms with E-state index in [0.29, 0.717) is 0 Å². The third kappa shape index (κ3) is 2.69. The summed E-state index contributed by atoms with van der Waals surface area (Å²) in [5.41, 5.74) is -0.887. The number of rotatable bonds is 2. The highest BCUT2D eigenvalue weighted by Crippen LogP contribution is 2.36. The van der Waals surface area contributed by atoms with E-state index in [9.17, 15) is 13.2 Å². The van der Waals surface area contributed by atoms with Crippen LogP contribution < -0.4 is 5.32 Å². The Bertz CT molecular complexity index is 325. The lowest BCUT2D eigenvalue weighted by Crippen LogP contribution is -2.09. The molecular formula is C8H6Cl2F3N. The maximum absolute atomic E-state index is 12.4. The summed E-state index contributed by atoms with van der Waals surface area (Å²) in [7, 11) is 0. The summed E-state index contributed by atoms with van der Waals surface area (Å²) in [6, 6.07) is 3.38. The van der Waals surface area contributed by atoms with Crippen molar-refractivity contribution in [1.82, 2.24) is 0 Å². The highest BCUT2D eigenvalue weighted by molar-refractivity contribution is 6.30. The first kappa shape index (κ1) is 11.5. The van der Waals surface area contributed by atoms with Gasteiger partial charge in [0.1, 0.15) is 0 Å². The summed E-state index contributed by atoms with van der Waals surface area (Å²) in [5.74, 6) is 0. The molecule has 0 saturated heterocycles. The van der Waals surface area contributed by atoms with Gasteiger partial charge in [-0.25, -0.2) is 0 Å². The van der Waals surface area contributed by atoms with Gasteiger partial charge in [-0.05, 0) is 18.2 Å². The van der Waals surface area contributed by atoms with Crippen molar-refractivity contribution in [2.24, 2.45) is 0 Å². The van der Waals surface area contributed by atoms with Gasteiger partial charge in [0.2, 0.25) is 0 Å². The van der Waals surface area contributed by atoms with E-state index in [2.05, 4.69) is 5.32 Å². The summed E-state index contributed by atoms with van der Waals surface area (Å²) in [5, 5.41) is 2.44. The van der Waals surface area contributed by atoms with Crippen molar-refractivity contribution in [3.05, 3.63) is 28.8 Å². The van der Waals surface area contributed by atoms with Crippen LogP contribution >= 0.6 is 23.2 Å². The number of anilines is 1. The van der Waals surface area contributed by atoms with E-state index in [4.69, 9.17) is 23.2 Å². The molecule has 1 aromatic carbocycles. The molecule has 0 unspecified atom stereocenters. The molecule has 0 aliphatic rings. The number of benzene rings is 1. The highest BCUT2D eigenvalue weighted by Gasteiger charge is 2.33. The molecule has 0 atom stereocenters. The molecule has 6 heteroatoms. The molecule has 0 heterocycles. The standard InChI is InChI=1S/C8H6Cl2F3N/c9-4-14-7-2-1-5(10)3-6(7)8(11,12)13/h1-3,14H,4H2. The minimum absolute atomic E-state index is 0.0393. The minimum atomic E-state index is -4.43. The first-order valence-corrected chi connectivity index (χ1v) is 4.53. The lowest BCUT2D eigenvalue weighted by atomic mass is 10.1. The van der Waals surface area contributed by atoms with Gasteiger partial charge in [-0.3, -0.25) is 0 Å². The van der Waals surface area contributed by atoms with Crippen LogP contribution in [0.3, 0.4) is 0 Å². The quantitative estimate of drug-likeness (QED) is 0.613. The molecule has 0 saturated carbocycles. The Morgan fingerprint density at radius 3 is 2.43 bits per heavy atom. The maximum Gasteiger partial charge on any atom is 0.418 e. The first-order chi connectivity index (χ1) is 6.45. The van der Waals surface area contributed by atoms with Crippen LogP contribution in [0.1, 0.15) is 5.56 Å². The number of hydrogen-bond donors (Lipinski definition) is 1. The summed E-state index contributed by atoms with van der Waals surface area (Å²) in [6.07, 6.45) is -4.43. The maximum atomic E-state index is 12.4. The largest absolute Gasteiger partial charge is 0.418 e. The summed E-state index contributed by atoms with van der Waals surface area (Å²) in [6.45, 7) is 0. The van der Waals surface area contributed by atoms with E-state index in [0.717, 1.165) is 6.07 Å². The van der Waals surface area contributed by atoms with Gasteiger partial charge in [0.15, 0.2) is 0 Å². The fraction of sp³-hybridized carbons (Fsp3) is 0.250. The van der Waals surface area contributed by atoms with Crippen LogP contribution in [0.5, 0.6) is 0 Å². The van der Waals surface area contributed by atoms with Gasteiger partial charge in [0.25, 0.3) is 0 Å². The van der Waals surface area contributed by atoms with Crippen LogP contribution in [0.4, 0.5) is 18.9 Å². The molecule has 0 radical (unpaired) electrons. The number of hydrogen-bond acceptors (Lipinski definition) is 1. The Hall–Kier alpha value is -0.610. The molecule has 0 fully saturated rings. The molecule has 14 heavy (non-hydrogen) atoms. The summed E-state index contributed by atoms with van der Waals surface area (Å²) < 4.78 is 37.2. The second-order valence-electron chi connectivity index (χ2n) is 2.50. The van der Waals surface area contributed by atoms with Gasteiger partial charge in [-0.1, -0.05) is 11.6 Å². The van der Waals surface area contributed by atoms with Crippen molar-refractivity contribution in [2.75, 3.05) is 11.3 Å². The van der Waals surface area contributed by atoms with Gasteiger partial charge < -0.3 is 5.32 Å². The molecule has 0 aromatic heterocycles. The average Bonchev–Trinajstić information content (AvgIpc) is 2.07. The molecule has 0 aliphatic heterocycles. The number of halogens is 5. The van der Waals surface area contributed by atoms with Crippen LogP contribution in [-0.2, 0) is 6.18 Å². The SMILES string of the molecule is FC(F)(F)c1cc(Cl)ccc1NCCl. The van der Waals surface area contributed by atoms with Crippen molar-refractivity contribution in [2.45, 2.75) is 6.18 Å². The topological polar surface area (TPSA) is 12.0 Å². The van der Waals surface area contributed by atoms with E-state index in [1.807, 2.05) is 0 Å². The highest BCUT2D eigenvalue weighted by atomic mass is 35.5. The molecule has 1 N–H and O–H groups in total. The lowest BCUT2D eigenvalue weighted by molar-refractivity contribution is -0.136. The van der Waals surface area contributed by atoms with Crippen LogP contribution in [-0.4, -0.2) is 6.00 Å². The predicted octanol–water partition coefficient (Wildman–Crippen LogP) is 3.97. The van der Waals surface area contributed by atoms with Crippen LogP contribution in [0.15, 0.2) is 18.2 Å². The van der Waals surface area contributed by atoms with Gasteiger partial charge in [-0.2, -0.15) is 13.2 Å². The summed E-state index contributed by atoms with van der Waals surface area (Å²) >= 11 is 10.7. The minimum Gasteiger partial charge on any atom is -0.371 e. The Balaban J connectivity index is 3.16. The Morgan fingerprint density at radius 2 is 1.93 bits per heavy atom. The zero-order valence-electron chi connectivity index (χ0n) is 6.83. The molecule has 0 aliphatic carbocycles. The normalized spacial score (nSPS) is 11.5. The fourth-order valence-corrected chi connectivity index (χ4v) is 1.29. The van der Waals surface area contributed by atoms with Crippen LogP contribution in [0.2, 0.25) is 5.02 Å². The second kappa shape index (κ2) is 4.28.